The zero-order valence-corrected chi connectivity index (χ0v) is 10.6. The summed E-state index contributed by atoms with van der Waals surface area (Å²) >= 11 is 5.52. The Kier molecular flexibility index (Phi) is 9.13. The molecule has 5 heteroatoms. The lowest BCUT2D eigenvalue weighted by atomic mass is 10.2. The lowest BCUT2D eigenvalue weighted by Gasteiger charge is -2.22. The Morgan fingerprint density at radius 2 is 1.62 bits per heavy atom. The Balaban J connectivity index is 3.68. The Labute approximate surface area is 101 Å². The van der Waals surface area contributed by atoms with E-state index in [4.69, 9.17) is 11.6 Å². The van der Waals surface area contributed by atoms with Crippen LogP contribution in [0.5, 0.6) is 0 Å². The molecule has 0 saturated heterocycles. The largest absolute Gasteiger partial charge is 0.401 e. The van der Waals surface area contributed by atoms with Crippen molar-refractivity contribution >= 4 is 11.6 Å². The van der Waals surface area contributed by atoms with E-state index in [2.05, 4.69) is 0 Å². The molecule has 0 aromatic rings. The molecule has 0 aliphatic rings. The highest BCUT2D eigenvalue weighted by Crippen LogP contribution is 2.17. The van der Waals surface area contributed by atoms with Crippen LogP contribution in [0.15, 0.2) is 0 Å². The smallest absolute Gasteiger partial charge is 0.295 e. The van der Waals surface area contributed by atoms with Crippen LogP contribution in [0, 0.1) is 0 Å². The van der Waals surface area contributed by atoms with Crippen LogP contribution in [-0.4, -0.2) is 36.6 Å². The van der Waals surface area contributed by atoms with Gasteiger partial charge in [-0.1, -0.05) is 19.8 Å². The molecule has 0 spiro atoms. The van der Waals surface area contributed by atoms with Crippen molar-refractivity contribution in [1.82, 2.24) is 4.90 Å². The van der Waals surface area contributed by atoms with Crippen molar-refractivity contribution in [3.63, 3.8) is 0 Å². The molecule has 0 aliphatic heterocycles. The summed E-state index contributed by atoms with van der Waals surface area (Å²) in [6, 6.07) is 0. The van der Waals surface area contributed by atoms with E-state index in [-0.39, 0.29) is 0 Å². The molecule has 0 atom stereocenters. The lowest BCUT2D eigenvalue weighted by molar-refractivity contribution is -0.146. The first-order chi connectivity index (χ1) is 7.49. The molecule has 0 aromatic heterocycles. The van der Waals surface area contributed by atoms with E-state index in [1.807, 2.05) is 6.92 Å². The second-order valence-electron chi connectivity index (χ2n) is 3.99. The molecule has 0 amide bonds. The monoisotopic (exact) mass is 259 g/mol. The normalized spacial score (nSPS) is 12.4. The molecule has 16 heavy (non-hydrogen) atoms. The molecule has 98 valence electrons. The Hall–Kier alpha value is 0.0400. The number of hydrogen-bond acceptors (Lipinski definition) is 1. The summed E-state index contributed by atoms with van der Waals surface area (Å²) in [6.45, 7) is 2.18. The van der Waals surface area contributed by atoms with Crippen LogP contribution in [0.2, 0.25) is 0 Å². The van der Waals surface area contributed by atoms with Gasteiger partial charge in [-0.05, 0) is 32.4 Å². The van der Waals surface area contributed by atoms with E-state index in [9.17, 15) is 13.2 Å². The fourth-order valence-electron chi connectivity index (χ4n) is 1.62. The maximum Gasteiger partial charge on any atom is 0.401 e. The van der Waals surface area contributed by atoms with E-state index in [1.54, 1.807) is 0 Å². The third kappa shape index (κ3) is 10.6. The van der Waals surface area contributed by atoms with Gasteiger partial charge in [-0.2, -0.15) is 13.2 Å². The summed E-state index contributed by atoms with van der Waals surface area (Å²) in [5.41, 5.74) is 0. The summed E-state index contributed by atoms with van der Waals surface area (Å²) in [4.78, 5) is 1.49. The molecule has 0 saturated carbocycles. The zero-order chi connectivity index (χ0) is 12.4. The second-order valence-corrected chi connectivity index (χ2v) is 4.37. The second kappa shape index (κ2) is 9.11. The summed E-state index contributed by atoms with van der Waals surface area (Å²) < 4.78 is 36.6. The molecule has 0 fully saturated rings. The van der Waals surface area contributed by atoms with E-state index in [0.717, 1.165) is 32.1 Å². The van der Waals surface area contributed by atoms with E-state index in [0.29, 0.717) is 19.0 Å². The quantitative estimate of drug-likeness (QED) is 0.446. The van der Waals surface area contributed by atoms with Crippen LogP contribution in [-0.2, 0) is 0 Å². The highest BCUT2D eigenvalue weighted by atomic mass is 35.5. The minimum atomic E-state index is -4.08. The number of nitrogens with zero attached hydrogens (tertiary/aromatic N) is 1. The standard InChI is InChI=1S/C11H21ClF3N/c1-2-8-16(10-11(13,14)15)9-6-4-3-5-7-12/h2-10H2,1H3. The highest BCUT2D eigenvalue weighted by Gasteiger charge is 2.29. The van der Waals surface area contributed by atoms with Crippen molar-refractivity contribution in [3.8, 4) is 0 Å². The predicted octanol–water partition coefficient (Wildman–Crippen LogP) is 4.06. The number of hydrogen-bond donors (Lipinski definition) is 0. The summed E-state index contributed by atoms with van der Waals surface area (Å²) in [5, 5.41) is 0. The van der Waals surface area contributed by atoms with Gasteiger partial charge in [0.2, 0.25) is 0 Å². The Morgan fingerprint density at radius 3 is 2.12 bits per heavy atom. The molecule has 0 aliphatic carbocycles. The molecule has 0 N–H and O–H groups in total. The molecule has 0 heterocycles. The SMILES string of the molecule is CCCN(CCCCCCCl)CC(F)(F)F. The van der Waals surface area contributed by atoms with Crippen molar-refractivity contribution < 1.29 is 13.2 Å². The van der Waals surface area contributed by atoms with E-state index in [1.165, 1.54) is 4.90 Å². The fraction of sp³-hybridized carbons (Fsp3) is 1.00. The highest BCUT2D eigenvalue weighted by molar-refractivity contribution is 6.17. The minimum Gasteiger partial charge on any atom is -0.295 e. The molecular weight excluding hydrogens is 239 g/mol. The average molecular weight is 260 g/mol. The van der Waals surface area contributed by atoms with Gasteiger partial charge >= 0.3 is 6.18 Å². The fourth-order valence-corrected chi connectivity index (χ4v) is 1.81. The van der Waals surface area contributed by atoms with Gasteiger partial charge < -0.3 is 0 Å². The first kappa shape index (κ1) is 16.0. The van der Waals surface area contributed by atoms with Gasteiger partial charge in [0.15, 0.2) is 0 Å². The van der Waals surface area contributed by atoms with Gasteiger partial charge in [0.1, 0.15) is 0 Å². The van der Waals surface area contributed by atoms with Crippen LogP contribution < -0.4 is 0 Å². The molecule has 0 rings (SSSR count). The summed E-state index contributed by atoms with van der Waals surface area (Å²) in [6.07, 6.45) is 0.435. The van der Waals surface area contributed by atoms with Crippen molar-refractivity contribution in [2.75, 3.05) is 25.5 Å². The van der Waals surface area contributed by atoms with Crippen molar-refractivity contribution in [2.45, 2.75) is 45.2 Å². The van der Waals surface area contributed by atoms with Crippen molar-refractivity contribution in [3.05, 3.63) is 0 Å². The molecular formula is C11H21ClF3N. The first-order valence-electron chi connectivity index (χ1n) is 5.84. The Morgan fingerprint density at radius 1 is 1.00 bits per heavy atom. The first-order valence-corrected chi connectivity index (χ1v) is 6.38. The van der Waals surface area contributed by atoms with Gasteiger partial charge in [-0.25, -0.2) is 0 Å². The van der Waals surface area contributed by atoms with Crippen molar-refractivity contribution in [2.24, 2.45) is 0 Å². The molecule has 0 bridgehead atoms. The van der Waals surface area contributed by atoms with Gasteiger partial charge in [-0.3, -0.25) is 4.90 Å². The number of alkyl halides is 4. The van der Waals surface area contributed by atoms with Crippen molar-refractivity contribution in [1.29, 1.82) is 0 Å². The summed E-state index contributed by atoms with van der Waals surface area (Å²) in [5.74, 6) is 0.640. The molecule has 0 radical (unpaired) electrons. The minimum absolute atomic E-state index is 0.523. The van der Waals surface area contributed by atoms with Crippen LogP contribution in [0.4, 0.5) is 13.2 Å². The van der Waals surface area contributed by atoms with E-state index < -0.39 is 12.7 Å². The van der Waals surface area contributed by atoms with Crippen LogP contribution in [0.3, 0.4) is 0 Å². The number of halogens is 4. The third-order valence-corrected chi connectivity index (χ3v) is 2.57. The molecule has 1 nitrogen and oxygen atoms in total. The van der Waals surface area contributed by atoms with Gasteiger partial charge in [0.25, 0.3) is 0 Å². The zero-order valence-electron chi connectivity index (χ0n) is 9.82. The average Bonchev–Trinajstić information content (AvgIpc) is 2.15. The van der Waals surface area contributed by atoms with Gasteiger partial charge in [0.05, 0.1) is 6.54 Å². The number of unbranched alkanes of at least 4 members (excludes halogenated alkanes) is 3. The van der Waals surface area contributed by atoms with Crippen LogP contribution in [0.1, 0.15) is 39.0 Å². The predicted molar refractivity (Wildman–Crippen MR) is 62.0 cm³/mol. The molecule has 0 unspecified atom stereocenters. The number of rotatable bonds is 9. The summed E-state index contributed by atoms with van der Waals surface area (Å²) in [7, 11) is 0. The van der Waals surface area contributed by atoms with Crippen LogP contribution >= 0.6 is 11.6 Å². The topological polar surface area (TPSA) is 3.24 Å². The van der Waals surface area contributed by atoms with Gasteiger partial charge in [-0.15, -0.1) is 11.6 Å². The third-order valence-electron chi connectivity index (χ3n) is 2.30. The maximum absolute atomic E-state index is 12.2. The lowest BCUT2D eigenvalue weighted by Crippen LogP contribution is -2.35. The van der Waals surface area contributed by atoms with Gasteiger partial charge in [0, 0.05) is 5.88 Å². The van der Waals surface area contributed by atoms with Crippen LogP contribution in [0.25, 0.3) is 0 Å². The van der Waals surface area contributed by atoms with E-state index >= 15 is 0 Å². The Bertz CT molecular complexity index is 162. The molecule has 0 aromatic carbocycles. The maximum atomic E-state index is 12.2.